The van der Waals surface area contributed by atoms with Crippen LogP contribution < -0.4 is 0 Å². The largest absolute Gasteiger partial charge is 0.345 e. The Balaban J connectivity index is 3.61. The van der Waals surface area contributed by atoms with Crippen LogP contribution in [0, 0.1) is 0 Å². The van der Waals surface area contributed by atoms with Gasteiger partial charge in [-0.1, -0.05) is 0 Å². The lowest BCUT2D eigenvalue weighted by molar-refractivity contribution is -0.159. The molecule has 0 radical (unpaired) electrons. The van der Waals surface area contributed by atoms with E-state index in [9.17, 15) is 4.79 Å². The van der Waals surface area contributed by atoms with E-state index in [0.717, 1.165) is 0 Å². The molecule has 0 fully saturated rings. The Labute approximate surface area is 65.3 Å². The predicted molar refractivity (Wildman–Crippen MR) is 37.9 cm³/mol. The number of carbonyl (C=O) groups is 1. The molecule has 0 aromatic rings. The lowest BCUT2D eigenvalue weighted by atomic mass is 10.7. The third-order valence-corrected chi connectivity index (χ3v) is 1.000. The third-order valence-electron chi connectivity index (χ3n) is 0.821. The highest BCUT2D eigenvalue weighted by Gasteiger charge is 2.14. The van der Waals surface area contributed by atoms with Crippen molar-refractivity contribution in [3.05, 3.63) is 0 Å². The molecule has 0 bridgehead atoms. The van der Waals surface area contributed by atoms with E-state index in [1.165, 1.54) is 0 Å². The summed E-state index contributed by atoms with van der Waals surface area (Å²) >= 11 is 5.11. The Morgan fingerprint density at radius 3 is 2.00 bits per heavy atom. The third kappa shape index (κ3) is 3.82. The molecule has 0 unspecified atom stereocenters. The second kappa shape index (κ2) is 5.65. The van der Waals surface area contributed by atoms with E-state index in [0.29, 0.717) is 13.2 Å². The first-order chi connectivity index (χ1) is 4.72. The molecule has 0 amide bonds. The highest BCUT2D eigenvalue weighted by Crippen LogP contribution is 1.99. The summed E-state index contributed by atoms with van der Waals surface area (Å²) in [6.45, 7) is 4.38. The van der Waals surface area contributed by atoms with Crippen LogP contribution >= 0.6 is 11.6 Å². The average molecular weight is 167 g/mol. The topological polar surface area (TPSA) is 35.5 Å². The van der Waals surface area contributed by atoms with Crippen molar-refractivity contribution in [2.24, 2.45) is 0 Å². The van der Waals surface area contributed by atoms with Crippen LogP contribution in [0.15, 0.2) is 0 Å². The van der Waals surface area contributed by atoms with Crippen LogP contribution in [-0.2, 0) is 14.3 Å². The van der Waals surface area contributed by atoms with Crippen molar-refractivity contribution in [3.63, 3.8) is 0 Å². The molecule has 0 aliphatic carbocycles. The van der Waals surface area contributed by atoms with Crippen LogP contribution in [0.3, 0.4) is 0 Å². The molecule has 0 spiro atoms. The zero-order valence-electron chi connectivity index (χ0n) is 6.09. The zero-order chi connectivity index (χ0) is 7.98. The van der Waals surface area contributed by atoms with Gasteiger partial charge in [-0.2, -0.15) is 0 Å². The lowest BCUT2D eigenvalue weighted by Crippen LogP contribution is -2.23. The monoisotopic (exact) mass is 166 g/mol. The van der Waals surface area contributed by atoms with Crippen molar-refractivity contribution in [1.82, 2.24) is 0 Å². The summed E-state index contributed by atoms with van der Waals surface area (Å²) in [5, 5.41) is -0.608. The standard InChI is InChI=1S/C6H11ClO3/c1-3-9-6(5(7)8)10-4-2/h6H,3-4H2,1-2H3. The normalized spacial score (nSPS) is 10.4. The van der Waals surface area contributed by atoms with E-state index >= 15 is 0 Å². The van der Waals surface area contributed by atoms with Gasteiger partial charge >= 0.3 is 0 Å². The summed E-state index contributed by atoms with van der Waals surface area (Å²) < 4.78 is 9.68. The fourth-order valence-corrected chi connectivity index (χ4v) is 0.608. The quantitative estimate of drug-likeness (QED) is 0.454. The molecular weight excluding hydrogens is 156 g/mol. The van der Waals surface area contributed by atoms with Gasteiger partial charge in [0.15, 0.2) is 0 Å². The van der Waals surface area contributed by atoms with Crippen LogP contribution in [-0.4, -0.2) is 24.7 Å². The van der Waals surface area contributed by atoms with Gasteiger partial charge in [0.25, 0.3) is 5.24 Å². The van der Waals surface area contributed by atoms with Crippen molar-refractivity contribution in [2.75, 3.05) is 13.2 Å². The van der Waals surface area contributed by atoms with Crippen molar-refractivity contribution in [3.8, 4) is 0 Å². The lowest BCUT2D eigenvalue weighted by Gasteiger charge is -2.10. The Morgan fingerprint density at radius 1 is 1.40 bits per heavy atom. The minimum atomic E-state index is -0.892. The van der Waals surface area contributed by atoms with Gasteiger partial charge in [0, 0.05) is 13.2 Å². The Hall–Kier alpha value is -0.120. The number of ether oxygens (including phenoxy) is 2. The first-order valence-electron chi connectivity index (χ1n) is 3.14. The molecule has 0 aromatic heterocycles. The van der Waals surface area contributed by atoms with Crippen LogP contribution in [0.2, 0.25) is 0 Å². The molecule has 10 heavy (non-hydrogen) atoms. The molecule has 3 nitrogen and oxygen atoms in total. The molecule has 0 heterocycles. The minimum absolute atomic E-state index is 0.420. The second-order valence-corrected chi connectivity index (χ2v) is 1.92. The highest BCUT2D eigenvalue weighted by atomic mass is 35.5. The van der Waals surface area contributed by atoms with E-state index in [1.807, 2.05) is 0 Å². The van der Waals surface area contributed by atoms with E-state index in [1.54, 1.807) is 13.8 Å². The number of hydrogen-bond donors (Lipinski definition) is 0. The van der Waals surface area contributed by atoms with Crippen LogP contribution in [0.1, 0.15) is 13.8 Å². The molecule has 0 aromatic carbocycles. The minimum Gasteiger partial charge on any atom is -0.345 e. The van der Waals surface area contributed by atoms with Gasteiger partial charge in [-0.3, -0.25) is 4.79 Å². The maximum Gasteiger partial charge on any atom is 0.278 e. The molecule has 0 saturated heterocycles. The first-order valence-corrected chi connectivity index (χ1v) is 3.52. The van der Waals surface area contributed by atoms with Gasteiger partial charge in [-0.25, -0.2) is 0 Å². The fraction of sp³-hybridized carbons (Fsp3) is 0.833. The highest BCUT2D eigenvalue weighted by molar-refractivity contribution is 6.64. The van der Waals surface area contributed by atoms with Gasteiger partial charge in [0.1, 0.15) is 0 Å². The van der Waals surface area contributed by atoms with Gasteiger partial charge in [0.05, 0.1) is 0 Å². The van der Waals surface area contributed by atoms with Gasteiger partial charge in [-0.15, -0.1) is 0 Å². The molecule has 60 valence electrons. The number of hydrogen-bond acceptors (Lipinski definition) is 3. The van der Waals surface area contributed by atoms with E-state index in [-0.39, 0.29) is 0 Å². The summed E-state index contributed by atoms with van der Waals surface area (Å²) in [7, 11) is 0. The van der Waals surface area contributed by atoms with Crippen LogP contribution in [0.25, 0.3) is 0 Å². The van der Waals surface area contributed by atoms with E-state index in [4.69, 9.17) is 21.1 Å². The first kappa shape index (κ1) is 9.88. The molecule has 0 aliphatic heterocycles. The Bertz CT molecular complexity index is 99.2. The predicted octanol–water partition coefficient (Wildman–Crippen LogP) is 1.15. The van der Waals surface area contributed by atoms with E-state index in [2.05, 4.69) is 0 Å². The van der Waals surface area contributed by atoms with Crippen molar-refractivity contribution < 1.29 is 14.3 Å². The SMILES string of the molecule is CCOC(OCC)C(=O)Cl. The summed E-state index contributed by atoms with van der Waals surface area (Å²) in [6, 6.07) is 0. The Morgan fingerprint density at radius 2 is 1.80 bits per heavy atom. The molecule has 0 atom stereocenters. The summed E-state index contributed by atoms with van der Waals surface area (Å²) in [5.74, 6) is 0. The van der Waals surface area contributed by atoms with E-state index < -0.39 is 11.5 Å². The molecule has 0 aliphatic rings. The van der Waals surface area contributed by atoms with Crippen LogP contribution in [0.4, 0.5) is 0 Å². The molecule has 0 rings (SSSR count). The number of rotatable bonds is 5. The number of halogens is 1. The smallest absolute Gasteiger partial charge is 0.278 e. The van der Waals surface area contributed by atoms with Gasteiger partial charge < -0.3 is 9.47 Å². The maximum atomic E-state index is 10.4. The summed E-state index contributed by atoms with van der Waals surface area (Å²) in [6.07, 6.45) is -0.892. The second-order valence-electron chi connectivity index (χ2n) is 1.55. The Kier molecular flexibility index (Phi) is 5.58. The summed E-state index contributed by atoms with van der Waals surface area (Å²) in [4.78, 5) is 10.4. The average Bonchev–Trinajstić information content (AvgIpc) is 1.87. The molecule has 0 saturated carbocycles. The molecule has 4 heteroatoms. The maximum absolute atomic E-state index is 10.4. The van der Waals surface area contributed by atoms with Crippen LogP contribution in [0.5, 0.6) is 0 Å². The van der Waals surface area contributed by atoms with Gasteiger partial charge in [-0.05, 0) is 25.4 Å². The zero-order valence-corrected chi connectivity index (χ0v) is 6.85. The number of carbonyl (C=O) groups excluding carboxylic acids is 1. The van der Waals surface area contributed by atoms with Crippen molar-refractivity contribution in [1.29, 1.82) is 0 Å². The molecular formula is C6H11ClO3. The fourth-order valence-electron chi connectivity index (χ4n) is 0.482. The van der Waals surface area contributed by atoms with Gasteiger partial charge in [0.2, 0.25) is 6.29 Å². The molecule has 0 N–H and O–H groups in total. The summed E-state index contributed by atoms with van der Waals surface area (Å²) in [5.41, 5.74) is 0. The van der Waals surface area contributed by atoms with Crippen molar-refractivity contribution in [2.45, 2.75) is 20.1 Å². The van der Waals surface area contributed by atoms with Crippen molar-refractivity contribution >= 4 is 16.8 Å².